The van der Waals surface area contributed by atoms with Gasteiger partial charge in [-0.15, -0.1) is 0 Å². The lowest BCUT2D eigenvalue weighted by molar-refractivity contribution is -0.170. The maximum atomic E-state index is 13.0. The predicted molar refractivity (Wildman–Crippen MR) is 95.3 cm³/mol. The molecule has 25 heavy (non-hydrogen) atoms. The lowest BCUT2D eigenvalue weighted by atomic mass is 9.40. The Labute approximate surface area is 148 Å². The fourth-order valence-corrected chi connectivity index (χ4v) is 6.61. The highest BCUT2D eigenvalue weighted by molar-refractivity contribution is 5.86. The average Bonchev–Trinajstić information content (AvgIpc) is 2.47. The van der Waals surface area contributed by atoms with Crippen LogP contribution in [0.25, 0.3) is 0 Å². The van der Waals surface area contributed by atoms with Gasteiger partial charge >= 0.3 is 0 Å². The third-order valence-electron chi connectivity index (χ3n) is 6.49. The van der Waals surface area contributed by atoms with Crippen molar-refractivity contribution < 1.29 is 15.0 Å². The van der Waals surface area contributed by atoms with Crippen molar-refractivity contribution in [1.29, 1.82) is 0 Å². The molecule has 2 atom stereocenters. The molecule has 0 aromatic heterocycles. The Balaban J connectivity index is 1.49. The zero-order chi connectivity index (χ0) is 17.9. The number of carbonyl (C=O) groups is 1. The molecule has 0 radical (unpaired) electrons. The standard InChI is InChI=1S/C20H26N2O3/c1-18-6-14-7-19(2,10-18)12-20(8-14,11-18)17(25)22-21-9-13-3-4-15(23)16(24)5-13/h3-5,9,14,23-24H,6-8,10-12H2,1-2H3,(H,22,25)/b21-9+. The van der Waals surface area contributed by atoms with Gasteiger partial charge in [-0.3, -0.25) is 4.79 Å². The zero-order valence-electron chi connectivity index (χ0n) is 14.9. The van der Waals surface area contributed by atoms with E-state index in [1.807, 2.05) is 0 Å². The third kappa shape index (κ3) is 2.79. The molecular formula is C20H26N2O3. The Kier molecular flexibility index (Phi) is 3.44. The van der Waals surface area contributed by atoms with Gasteiger partial charge in [0.25, 0.3) is 0 Å². The van der Waals surface area contributed by atoms with Gasteiger partial charge in [0.15, 0.2) is 11.5 Å². The number of nitrogens with zero attached hydrogens (tertiary/aromatic N) is 1. The fourth-order valence-electron chi connectivity index (χ4n) is 6.61. The van der Waals surface area contributed by atoms with Gasteiger partial charge in [0.2, 0.25) is 5.91 Å². The molecule has 1 aromatic carbocycles. The molecule has 134 valence electrons. The highest BCUT2D eigenvalue weighted by Gasteiger charge is 2.62. The summed E-state index contributed by atoms with van der Waals surface area (Å²) in [6, 6.07) is 4.45. The number of amides is 1. The number of hydrogen-bond donors (Lipinski definition) is 3. The minimum Gasteiger partial charge on any atom is -0.504 e. The summed E-state index contributed by atoms with van der Waals surface area (Å²) < 4.78 is 0. The number of phenols is 2. The van der Waals surface area contributed by atoms with E-state index < -0.39 is 0 Å². The number of phenolic OH excluding ortho intramolecular Hbond substituents is 2. The average molecular weight is 342 g/mol. The van der Waals surface area contributed by atoms with Crippen LogP contribution in [0.3, 0.4) is 0 Å². The number of nitrogens with one attached hydrogen (secondary N) is 1. The van der Waals surface area contributed by atoms with Crippen LogP contribution in [0.1, 0.15) is 57.9 Å². The molecule has 4 aliphatic carbocycles. The molecule has 4 saturated carbocycles. The second-order valence-corrected chi connectivity index (χ2v) is 9.36. The molecule has 4 bridgehead atoms. The quantitative estimate of drug-likeness (QED) is 0.446. The number of aromatic hydroxyl groups is 2. The van der Waals surface area contributed by atoms with Crippen molar-refractivity contribution in [3.8, 4) is 11.5 Å². The Morgan fingerprint density at radius 3 is 2.40 bits per heavy atom. The van der Waals surface area contributed by atoms with Crippen LogP contribution in [0.5, 0.6) is 11.5 Å². The summed E-state index contributed by atoms with van der Waals surface area (Å²) in [5.74, 6) is 0.330. The van der Waals surface area contributed by atoms with Gasteiger partial charge < -0.3 is 10.2 Å². The molecule has 5 heteroatoms. The Hall–Kier alpha value is -2.04. The van der Waals surface area contributed by atoms with Gasteiger partial charge in [-0.1, -0.05) is 13.8 Å². The lowest BCUT2D eigenvalue weighted by Gasteiger charge is -2.64. The Morgan fingerprint density at radius 2 is 1.80 bits per heavy atom. The molecule has 0 aliphatic heterocycles. The van der Waals surface area contributed by atoms with Gasteiger partial charge in [-0.25, -0.2) is 5.43 Å². The van der Waals surface area contributed by atoms with Crippen LogP contribution >= 0.6 is 0 Å². The molecule has 4 fully saturated rings. The van der Waals surface area contributed by atoms with Crippen molar-refractivity contribution in [2.24, 2.45) is 27.3 Å². The minimum absolute atomic E-state index is 0.0355. The molecule has 0 spiro atoms. The smallest absolute Gasteiger partial charge is 0.246 e. The molecular weight excluding hydrogens is 316 g/mol. The van der Waals surface area contributed by atoms with E-state index in [9.17, 15) is 15.0 Å². The topological polar surface area (TPSA) is 81.9 Å². The second kappa shape index (κ2) is 5.23. The number of rotatable bonds is 3. The van der Waals surface area contributed by atoms with Crippen LogP contribution in [0.15, 0.2) is 23.3 Å². The van der Waals surface area contributed by atoms with Crippen LogP contribution in [0, 0.1) is 22.2 Å². The van der Waals surface area contributed by atoms with Gasteiger partial charge in [0.1, 0.15) is 0 Å². The molecule has 2 unspecified atom stereocenters. The minimum atomic E-state index is -0.280. The van der Waals surface area contributed by atoms with Crippen molar-refractivity contribution in [1.82, 2.24) is 5.43 Å². The second-order valence-electron chi connectivity index (χ2n) is 9.36. The van der Waals surface area contributed by atoms with E-state index in [0.29, 0.717) is 11.5 Å². The summed E-state index contributed by atoms with van der Waals surface area (Å²) in [7, 11) is 0. The van der Waals surface area contributed by atoms with Crippen LogP contribution in [-0.2, 0) is 4.79 Å². The van der Waals surface area contributed by atoms with Crippen molar-refractivity contribution in [3.63, 3.8) is 0 Å². The summed E-state index contributed by atoms with van der Waals surface area (Å²) in [6.45, 7) is 4.69. The van der Waals surface area contributed by atoms with Crippen LogP contribution in [0.4, 0.5) is 0 Å². The van der Waals surface area contributed by atoms with Crippen molar-refractivity contribution in [2.75, 3.05) is 0 Å². The largest absolute Gasteiger partial charge is 0.504 e. The van der Waals surface area contributed by atoms with Gasteiger partial charge in [-0.2, -0.15) is 5.10 Å². The highest BCUT2D eigenvalue weighted by atomic mass is 16.3. The first-order valence-corrected chi connectivity index (χ1v) is 9.07. The van der Waals surface area contributed by atoms with E-state index in [1.165, 1.54) is 37.6 Å². The molecule has 5 nitrogen and oxygen atoms in total. The number of carbonyl (C=O) groups excluding carboxylic acids is 1. The monoisotopic (exact) mass is 342 g/mol. The Morgan fingerprint density at radius 1 is 1.12 bits per heavy atom. The van der Waals surface area contributed by atoms with Gasteiger partial charge in [0.05, 0.1) is 11.6 Å². The predicted octanol–water partition coefficient (Wildman–Crippen LogP) is 3.54. The molecule has 1 amide bonds. The first kappa shape index (κ1) is 16.4. The number of hydrogen-bond acceptors (Lipinski definition) is 4. The van der Waals surface area contributed by atoms with E-state index in [1.54, 1.807) is 6.07 Å². The van der Waals surface area contributed by atoms with Gasteiger partial charge in [-0.05, 0) is 79.0 Å². The zero-order valence-corrected chi connectivity index (χ0v) is 14.9. The maximum absolute atomic E-state index is 13.0. The summed E-state index contributed by atoms with van der Waals surface area (Å²) in [5, 5.41) is 23.0. The highest BCUT2D eigenvalue weighted by Crippen LogP contribution is 2.69. The first-order valence-electron chi connectivity index (χ1n) is 9.07. The molecule has 1 aromatic rings. The first-order chi connectivity index (χ1) is 11.7. The number of benzene rings is 1. The molecule has 0 heterocycles. The lowest BCUT2D eigenvalue weighted by Crippen LogP contribution is -2.59. The molecule has 5 rings (SSSR count). The maximum Gasteiger partial charge on any atom is 0.246 e. The summed E-state index contributed by atoms with van der Waals surface area (Å²) in [6.07, 6.45) is 8.17. The SMILES string of the molecule is CC12CC3CC(C)(C1)CC(C(=O)N/N=C/c1ccc(O)c(O)c1)(C3)C2. The summed E-state index contributed by atoms with van der Waals surface area (Å²) in [4.78, 5) is 13.0. The number of hydrazone groups is 1. The fraction of sp³-hybridized carbons (Fsp3) is 0.600. The van der Waals surface area contributed by atoms with Crippen LogP contribution < -0.4 is 5.43 Å². The van der Waals surface area contributed by atoms with E-state index in [4.69, 9.17) is 0 Å². The van der Waals surface area contributed by atoms with E-state index >= 15 is 0 Å². The molecule has 4 aliphatic rings. The normalized spacial score (nSPS) is 39.0. The van der Waals surface area contributed by atoms with Crippen molar-refractivity contribution in [2.45, 2.75) is 52.4 Å². The molecule has 3 N–H and O–H groups in total. The van der Waals surface area contributed by atoms with Gasteiger partial charge in [0, 0.05) is 0 Å². The van der Waals surface area contributed by atoms with E-state index in [0.717, 1.165) is 19.3 Å². The third-order valence-corrected chi connectivity index (χ3v) is 6.49. The van der Waals surface area contributed by atoms with Crippen LogP contribution in [-0.4, -0.2) is 22.3 Å². The van der Waals surface area contributed by atoms with E-state index in [-0.39, 0.29) is 33.7 Å². The van der Waals surface area contributed by atoms with Crippen molar-refractivity contribution in [3.05, 3.63) is 23.8 Å². The molecule has 0 saturated heterocycles. The van der Waals surface area contributed by atoms with Crippen molar-refractivity contribution >= 4 is 12.1 Å². The van der Waals surface area contributed by atoms with E-state index in [2.05, 4.69) is 24.4 Å². The summed E-state index contributed by atoms with van der Waals surface area (Å²) in [5.41, 5.74) is 3.67. The summed E-state index contributed by atoms with van der Waals surface area (Å²) >= 11 is 0. The Bertz CT molecular complexity index is 739. The van der Waals surface area contributed by atoms with Crippen LogP contribution in [0.2, 0.25) is 0 Å².